The molecule has 0 radical (unpaired) electrons. The molecular weight excluding hydrogens is 606 g/mol. The highest BCUT2D eigenvalue weighted by atomic mass is 16.6. The summed E-state index contributed by atoms with van der Waals surface area (Å²) in [6.45, 7) is 16.3. The molecule has 1 aromatic heterocycles. The predicted molar refractivity (Wildman–Crippen MR) is 187 cm³/mol. The number of anilines is 1. The number of H-pyrrole nitrogens is 1. The van der Waals surface area contributed by atoms with Gasteiger partial charge in [0.05, 0.1) is 17.2 Å². The lowest BCUT2D eigenvalue weighted by Crippen LogP contribution is -2.49. The number of unbranched alkanes of at least 4 members (excludes halogenated alkanes) is 1. The van der Waals surface area contributed by atoms with Crippen LogP contribution in [0.2, 0.25) is 0 Å². The monoisotopic (exact) mass is 655 g/mol. The maximum Gasteiger partial charge on any atom is 0.407 e. The Balaban J connectivity index is 1.13. The number of carbonyl (C=O) groups is 3. The minimum atomic E-state index is -0.511. The van der Waals surface area contributed by atoms with Gasteiger partial charge in [0, 0.05) is 85.6 Å². The van der Waals surface area contributed by atoms with E-state index in [-0.39, 0.29) is 11.7 Å². The number of ether oxygens (including phenoxy) is 2. The number of nitrogens with one attached hydrogen (secondary N) is 2. The van der Waals surface area contributed by atoms with Gasteiger partial charge in [-0.05, 0) is 81.8 Å². The number of alkyl carbamates (subject to hydrolysis) is 1. The molecule has 0 unspecified atom stereocenters. The average molecular weight is 656 g/mol. The average Bonchev–Trinajstić information content (AvgIpc) is 3.45. The summed E-state index contributed by atoms with van der Waals surface area (Å²) >= 11 is 0. The second-order valence-electron chi connectivity index (χ2n) is 14.3. The fraction of sp³-hybridized carbons (Fsp3) is 0.526. The second kappa shape index (κ2) is 14.4. The number of hydrogen-bond donors (Lipinski definition) is 2. The summed E-state index contributed by atoms with van der Waals surface area (Å²) < 4.78 is 10.9. The lowest BCUT2D eigenvalue weighted by Gasteiger charge is -2.39. The van der Waals surface area contributed by atoms with Crippen LogP contribution in [0.25, 0.3) is 10.9 Å². The van der Waals surface area contributed by atoms with Gasteiger partial charge in [0.1, 0.15) is 5.60 Å². The van der Waals surface area contributed by atoms with E-state index in [0.29, 0.717) is 56.8 Å². The summed E-state index contributed by atoms with van der Waals surface area (Å²) in [6.07, 6.45) is 3.17. The minimum absolute atomic E-state index is 0.0209. The van der Waals surface area contributed by atoms with E-state index < -0.39 is 17.1 Å². The van der Waals surface area contributed by atoms with E-state index in [2.05, 4.69) is 54.2 Å². The summed E-state index contributed by atoms with van der Waals surface area (Å²) in [7, 11) is 0. The Morgan fingerprint density at radius 3 is 2.46 bits per heavy atom. The quantitative estimate of drug-likeness (QED) is 0.235. The summed E-state index contributed by atoms with van der Waals surface area (Å²) in [4.78, 5) is 46.5. The zero-order valence-electron chi connectivity index (χ0n) is 29.3. The fourth-order valence-corrected chi connectivity index (χ4v) is 6.77. The lowest BCUT2D eigenvalue weighted by atomic mass is 9.70. The van der Waals surface area contributed by atoms with Gasteiger partial charge in [-0.25, -0.2) is 4.79 Å². The molecule has 256 valence electrons. The zero-order valence-corrected chi connectivity index (χ0v) is 29.3. The number of piperazine rings is 1. The summed E-state index contributed by atoms with van der Waals surface area (Å²) in [5, 5.41) is 13.0. The number of carbonyl (C=O) groups excluding carboxylic acids is 3. The standard InChI is InChI=1S/C38H49N5O5/c1-7-26-22-28-29(38(5,6)35-33(34(28)45)27-13-12-25(24-39)21-30(27)41-35)23-31(26)42-15-17-43(18-16-42)32(44)11-8-9-19-47-20-10-14-40-36(46)48-37(2,3)4/h12-13,21-23,41H,7-11,14-20H2,1-6H3,(H,40,46). The van der Waals surface area contributed by atoms with Gasteiger partial charge in [-0.15, -0.1) is 0 Å². The Hall–Kier alpha value is -4.36. The molecule has 2 amide bonds. The van der Waals surface area contributed by atoms with Crippen LogP contribution in [0.3, 0.4) is 0 Å². The molecule has 1 aliphatic heterocycles. The van der Waals surface area contributed by atoms with Crippen LogP contribution < -0.4 is 10.2 Å². The smallest absolute Gasteiger partial charge is 0.407 e. The third kappa shape index (κ3) is 7.52. The van der Waals surface area contributed by atoms with Crippen LogP contribution in [0.15, 0.2) is 30.3 Å². The molecule has 48 heavy (non-hydrogen) atoms. The lowest BCUT2D eigenvalue weighted by molar-refractivity contribution is -0.131. The van der Waals surface area contributed by atoms with Crippen LogP contribution in [-0.4, -0.2) is 79.2 Å². The molecule has 0 spiro atoms. The molecule has 1 aliphatic carbocycles. The first-order valence-electron chi connectivity index (χ1n) is 17.2. The zero-order chi connectivity index (χ0) is 34.6. The summed E-state index contributed by atoms with van der Waals surface area (Å²) in [5.74, 6) is 0.197. The SMILES string of the molecule is CCc1cc2c(cc1N1CCN(C(=O)CCCCOCCCNC(=O)OC(C)(C)C)CC1)C(C)(C)c1[nH]c3cc(C#N)ccc3c1C2=O. The number of fused-ring (bicyclic) bond motifs is 4. The number of aromatic amines is 1. The molecule has 10 nitrogen and oxygen atoms in total. The Morgan fingerprint density at radius 1 is 1.04 bits per heavy atom. The molecule has 0 saturated carbocycles. The highest BCUT2D eigenvalue weighted by Gasteiger charge is 2.40. The molecule has 2 aliphatic rings. The van der Waals surface area contributed by atoms with Crippen molar-refractivity contribution >= 4 is 34.4 Å². The van der Waals surface area contributed by atoms with Crippen LogP contribution >= 0.6 is 0 Å². The number of rotatable bonds is 11. The largest absolute Gasteiger partial charge is 0.444 e. The molecule has 1 fully saturated rings. The number of benzene rings is 2. The van der Waals surface area contributed by atoms with E-state index in [9.17, 15) is 19.6 Å². The maximum atomic E-state index is 14.0. The van der Waals surface area contributed by atoms with Crippen molar-refractivity contribution in [2.45, 2.75) is 84.7 Å². The molecule has 0 bridgehead atoms. The summed E-state index contributed by atoms with van der Waals surface area (Å²) in [5.41, 5.74) is 6.01. The predicted octanol–water partition coefficient (Wildman–Crippen LogP) is 6.22. The molecule has 3 aromatic rings. The van der Waals surface area contributed by atoms with Gasteiger partial charge >= 0.3 is 6.09 Å². The van der Waals surface area contributed by atoms with Gasteiger partial charge in [-0.3, -0.25) is 9.59 Å². The van der Waals surface area contributed by atoms with Gasteiger partial charge in [0.15, 0.2) is 5.78 Å². The van der Waals surface area contributed by atoms with Crippen molar-refractivity contribution in [2.75, 3.05) is 50.8 Å². The molecule has 1 saturated heterocycles. The topological polar surface area (TPSA) is 128 Å². The molecule has 2 aromatic carbocycles. The Labute approximate surface area is 283 Å². The van der Waals surface area contributed by atoms with Gasteiger partial charge < -0.3 is 29.6 Å². The highest BCUT2D eigenvalue weighted by molar-refractivity contribution is 6.20. The van der Waals surface area contributed by atoms with Crippen LogP contribution in [0.5, 0.6) is 0 Å². The van der Waals surface area contributed by atoms with E-state index in [1.54, 1.807) is 6.07 Å². The molecule has 2 heterocycles. The molecule has 2 N–H and O–H groups in total. The van der Waals surface area contributed by atoms with Crippen molar-refractivity contribution in [3.8, 4) is 6.07 Å². The maximum absolute atomic E-state index is 14.0. The number of nitriles is 1. The number of ketones is 1. The molecular formula is C38H49N5O5. The van der Waals surface area contributed by atoms with Crippen LogP contribution in [0.4, 0.5) is 10.5 Å². The van der Waals surface area contributed by atoms with E-state index in [0.717, 1.165) is 71.3 Å². The van der Waals surface area contributed by atoms with Gasteiger partial charge in [-0.1, -0.05) is 26.8 Å². The first-order valence-corrected chi connectivity index (χ1v) is 17.2. The van der Waals surface area contributed by atoms with E-state index in [1.807, 2.05) is 37.8 Å². The van der Waals surface area contributed by atoms with Crippen molar-refractivity contribution in [3.05, 3.63) is 63.8 Å². The Bertz CT molecular complexity index is 1720. The van der Waals surface area contributed by atoms with Crippen LogP contribution in [0, 0.1) is 11.3 Å². The number of aryl methyl sites for hydroxylation is 1. The normalized spacial score (nSPS) is 15.6. The van der Waals surface area contributed by atoms with Crippen molar-refractivity contribution < 1.29 is 23.9 Å². The third-order valence-corrected chi connectivity index (χ3v) is 9.33. The van der Waals surface area contributed by atoms with Crippen molar-refractivity contribution in [1.29, 1.82) is 5.26 Å². The van der Waals surface area contributed by atoms with E-state index in [4.69, 9.17) is 9.47 Å². The fourth-order valence-electron chi connectivity index (χ4n) is 6.77. The van der Waals surface area contributed by atoms with Crippen molar-refractivity contribution in [1.82, 2.24) is 15.2 Å². The van der Waals surface area contributed by atoms with E-state index in [1.165, 1.54) is 0 Å². The Morgan fingerprint density at radius 2 is 1.77 bits per heavy atom. The highest BCUT2D eigenvalue weighted by Crippen LogP contribution is 2.45. The van der Waals surface area contributed by atoms with Crippen LogP contribution in [-0.2, 0) is 26.1 Å². The van der Waals surface area contributed by atoms with Crippen molar-refractivity contribution in [3.63, 3.8) is 0 Å². The second-order valence-corrected chi connectivity index (χ2v) is 14.3. The van der Waals surface area contributed by atoms with Crippen LogP contribution in [0.1, 0.15) is 106 Å². The van der Waals surface area contributed by atoms with Crippen molar-refractivity contribution in [2.24, 2.45) is 0 Å². The summed E-state index contributed by atoms with van der Waals surface area (Å²) in [6, 6.07) is 11.9. The van der Waals surface area contributed by atoms with Gasteiger partial charge in [-0.2, -0.15) is 5.26 Å². The molecule has 5 rings (SSSR count). The van der Waals surface area contributed by atoms with Gasteiger partial charge in [0.2, 0.25) is 5.91 Å². The minimum Gasteiger partial charge on any atom is -0.444 e. The number of hydrogen-bond acceptors (Lipinski definition) is 7. The number of aromatic nitrogens is 1. The van der Waals surface area contributed by atoms with Gasteiger partial charge in [0.25, 0.3) is 0 Å². The number of nitrogens with zero attached hydrogens (tertiary/aromatic N) is 3. The molecule has 0 atom stereocenters. The third-order valence-electron chi connectivity index (χ3n) is 9.33. The van der Waals surface area contributed by atoms with E-state index >= 15 is 0 Å². The first kappa shape index (κ1) is 35.0. The number of amides is 2. The first-order chi connectivity index (χ1) is 22.8. The Kier molecular flexibility index (Phi) is 10.5. The molecule has 10 heteroatoms.